The summed E-state index contributed by atoms with van der Waals surface area (Å²) in [7, 11) is -8.03. The van der Waals surface area contributed by atoms with Gasteiger partial charge in [-0.05, 0) is 140 Å². The number of aryl methyl sites for hydroxylation is 2. The van der Waals surface area contributed by atoms with Gasteiger partial charge in [-0.3, -0.25) is 19.9 Å². The third kappa shape index (κ3) is 14.0. The van der Waals surface area contributed by atoms with Crippen molar-refractivity contribution in [3.63, 3.8) is 0 Å². The van der Waals surface area contributed by atoms with Gasteiger partial charge in [0.15, 0.2) is 16.1 Å². The molecule has 0 saturated carbocycles. The summed E-state index contributed by atoms with van der Waals surface area (Å²) < 4.78 is 9.59. The Hall–Kier alpha value is -14.2. The number of thiophene rings is 2. The first kappa shape index (κ1) is 87.9. The van der Waals surface area contributed by atoms with Crippen LogP contribution in [0.5, 0.6) is 0 Å². The fraction of sp³-hybridized carbons (Fsp3) is 0.0323. The van der Waals surface area contributed by atoms with Crippen LogP contribution in [0.25, 0.3) is 85.2 Å². The topological polar surface area (TPSA) is 61.4 Å². The van der Waals surface area contributed by atoms with Gasteiger partial charge in [0.05, 0.1) is 45.1 Å². The summed E-state index contributed by atoms with van der Waals surface area (Å²) in [6, 6.07) is 187. The Kier molecular flexibility index (Phi) is 23.2. The van der Waals surface area contributed by atoms with E-state index < -0.39 is 32.3 Å². The molecule has 0 spiro atoms. The molecule has 24 aromatic rings. The van der Waals surface area contributed by atoms with Gasteiger partial charge >= 0.3 is 40.8 Å². The molecule has 6 aromatic heterocycles. The largest absolute Gasteiger partial charge is 2.00 e. The second-order valence-electron chi connectivity index (χ2n) is 35.7. The van der Waals surface area contributed by atoms with Crippen LogP contribution in [0, 0.1) is 24.3 Å². The molecular formula is C124H86N6Pd2S2Si4. The number of hydrogen-bond acceptors (Lipinski definition) is 6. The minimum atomic E-state index is -3.16. The number of nitrogens with zero attached hydrogens (tertiary/aromatic N) is 6. The van der Waals surface area contributed by atoms with Gasteiger partial charge in [0.2, 0.25) is 0 Å². The predicted molar refractivity (Wildman–Crippen MR) is 578 cm³/mol. The molecule has 18 aromatic carbocycles. The van der Waals surface area contributed by atoms with Gasteiger partial charge in [-0.25, -0.2) is 0 Å². The van der Waals surface area contributed by atoms with Gasteiger partial charge in [0.1, 0.15) is 16.1 Å². The molecule has 2 atom stereocenters. The van der Waals surface area contributed by atoms with Crippen LogP contribution >= 0.6 is 22.7 Å². The Bertz CT molecular complexity index is 8520. The number of hydrogen-bond donors (Lipinski definition) is 0. The molecule has 0 radical (unpaired) electrons. The number of rotatable bonds is 16. The molecule has 2 aliphatic rings. The average molecular weight is 2050 g/mol. The number of fused-ring (bicyclic) bond motifs is 12. The minimum absolute atomic E-state index is 0. The molecule has 0 bridgehead atoms. The van der Waals surface area contributed by atoms with Crippen molar-refractivity contribution in [3.05, 3.63) is 531 Å². The first-order chi connectivity index (χ1) is 67.3. The van der Waals surface area contributed by atoms with E-state index in [-0.39, 0.29) is 52.7 Å². The Morgan fingerprint density at radius 3 is 0.978 bits per heavy atom. The van der Waals surface area contributed by atoms with E-state index in [9.17, 15) is 0 Å². The number of imidazole rings is 2. The molecule has 0 aliphatic carbocycles. The van der Waals surface area contributed by atoms with Gasteiger partial charge in [-0.1, -0.05) is 322 Å². The molecule has 2 aliphatic heterocycles. The Morgan fingerprint density at radius 1 is 0.268 bits per heavy atom. The molecule has 8 heterocycles. The first-order valence-electron chi connectivity index (χ1n) is 46.5. The molecule has 26 rings (SSSR count). The van der Waals surface area contributed by atoms with Crippen LogP contribution in [0.4, 0.5) is 0 Å². The van der Waals surface area contributed by atoms with Crippen molar-refractivity contribution < 1.29 is 40.8 Å². The summed E-state index contributed by atoms with van der Waals surface area (Å²) in [6.07, 6.45) is 4.01. The molecule has 2 unspecified atom stereocenters. The van der Waals surface area contributed by atoms with Gasteiger partial charge in [-0.2, -0.15) is 58.9 Å². The third-order valence-electron chi connectivity index (χ3n) is 28.7. The van der Waals surface area contributed by atoms with Crippen molar-refractivity contribution in [2.75, 3.05) is 0 Å². The zero-order valence-corrected chi connectivity index (χ0v) is 84.1. The Labute approximate surface area is 842 Å². The van der Waals surface area contributed by atoms with Crippen LogP contribution in [0.15, 0.2) is 473 Å². The number of aromatic nitrogens is 6. The number of para-hydroxylation sites is 4. The first-order valence-corrected chi connectivity index (χ1v) is 56.1. The molecule has 138 heavy (non-hydrogen) atoms. The van der Waals surface area contributed by atoms with Crippen molar-refractivity contribution in [1.29, 1.82) is 0 Å². The van der Waals surface area contributed by atoms with Gasteiger partial charge in [0.25, 0.3) is 0 Å². The van der Waals surface area contributed by atoms with Crippen LogP contribution in [0.3, 0.4) is 0 Å². The summed E-state index contributed by atoms with van der Waals surface area (Å²) in [5.74, 6) is 1.42. The van der Waals surface area contributed by atoms with Crippen LogP contribution in [-0.2, 0) is 54.9 Å². The van der Waals surface area contributed by atoms with E-state index in [0.717, 1.165) is 77.7 Å². The third-order valence-corrected chi connectivity index (χ3v) is 49.9. The van der Waals surface area contributed by atoms with E-state index >= 15 is 0 Å². The van der Waals surface area contributed by atoms with Crippen molar-refractivity contribution in [2.24, 2.45) is 14.1 Å². The number of pyridine rings is 2. The molecule has 0 fully saturated rings. The standard InChI is InChI=1S/2C62H43N3SSi2.2Pd/c1-65-55-35-16-15-34-54(55)64-62(65)44-22-19-32-50(40-44)67(45-23-6-2-7-24-45,46-25-8-3-9-26-46)49-31-18-21-43(39-49)60-53-41-57-52(51-33-14-17-36-56(51)66-57)42-59(53)68(47-27-10-4-11-28-47,48-29-12-5-13-30-48)58-37-20-38-63-61(58)60;1-65-55-35-16-15-34-54(55)64-62(65)44-22-19-32-50(40-44)67(45-23-6-2-7-24-45,46-25-8-3-9-26-46)49-31-18-21-43(39-49)60-53-41-52-51-33-14-17-36-56(51)66-57(52)42-59(53)68(47-27-10-4-11-28-47,48-29-12-5-13-30-48)58-37-20-38-63-61(58)60;;/h2*2-38,41-42,60H,1H3;;/q2*-2;2*+2. The fourth-order valence-corrected chi connectivity index (χ4v) is 44.9. The Balaban J connectivity index is 0.000000152. The summed E-state index contributed by atoms with van der Waals surface area (Å²) in [5, 5.41) is 25.8. The summed E-state index contributed by atoms with van der Waals surface area (Å²) in [6.45, 7) is 0. The Morgan fingerprint density at radius 2 is 0.587 bits per heavy atom. The normalized spacial score (nSPS) is 14.0. The van der Waals surface area contributed by atoms with Crippen LogP contribution in [0.1, 0.15) is 45.5 Å². The second-order valence-corrected chi connectivity index (χ2v) is 52.8. The monoisotopic (exact) mass is 2050 g/mol. The molecular weight excluding hydrogens is 1960 g/mol. The van der Waals surface area contributed by atoms with Crippen LogP contribution in [-0.4, -0.2) is 61.4 Å². The molecule has 660 valence electrons. The minimum Gasteiger partial charge on any atom is -0.367 e. The van der Waals surface area contributed by atoms with E-state index in [1.165, 1.54) is 124 Å². The molecule has 0 N–H and O–H groups in total. The average Bonchev–Trinajstić information content (AvgIpc) is 1.15. The van der Waals surface area contributed by atoms with Gasteiger partial charge < -0.3 is 9.13 Å². The maximum Gasteiger partial charge on any atom is 2.00 e. The molecule has 0 amide bonds. The van der Waals surface area contributed by atoms with Crippen molar-refractivity contribution in [3.8, 4) is 22.8 Å². The number of benzene rings is 18. The molecule has 0 saturated heterocycles. The summed E-state index contributed by atoms with van der Waals surface area (Å²) in [5.41, 5.74) is 13.1. The van der Waals surface area contributed by atoms with E-state index in [0.29, 0.717) is 0 Å². The van der Waals surface area contributed by atoms with Crippen molar-refractivity contribution in [1.82, 2.24) is 29.1 Å². The zero-order valence-electron chi connectivity index (χ0n) is 75.3. The maximum absolute atomic E-state index is 5.50. The van der Waals surface area contributed by atoms with E-state index in [4.69, 9.17) is 19.9 Å². The van der Waals surface area contributed by atoms with Gasteiger partial charge in [0, 0.05) is 78.7 Å². The van der Waals surface area contributed by atoms with Crippen molar-refractivity contribution in [2.45, 2.75) is 11.8 Å². The predicted octanol–water partition coefficient (Wildman–Crippen LogP) is 17.7. The SMILES string of the molecule is Cn1c(-c2[c-]c([Si](c3[c-]c(C4c5cc6c(cc5[Si](c5ccccc5)(c5ccccc5)c5cccnc54)sc4ccccc46)ccc3)(c3ccccc3)c3ccccc3)ccc2)nc2ccccc21.Cn1c(-c2[c-]c([Si](c3[c-]c(C4c5cc6sc7ccccc7c6cc5[Si](c5ccccc5)(c5ccccc5)c5cccnc54)ccc3)(c3ccccc3)c3ccccc3)ccc2)nc2ccccc21.[Pd+2].[Pd+2]. The van der Waals surface area contributed by atoms with Crippen molar-refractivity contribution >= 4 is 200 Å². The van der Waals surface area contributed by atoms with E-state index in [1.54, 1.807) is 0 Å². The van der Waals surface area contributed by atoms with E-state index in [2.05, 4.69) is 509 Å². The zero-order chi connectivity index (χ0) is 90.5. The quantitative estimate of drug-likeness (QED) is 0.0549. The molecule has 6 nitrogen and oxygen atoms in total. The van der Waals surface area contributed by atoms with Gasteiger partial charge in [-0.15, -0.1) is 104 Å². The smallest absolute Gasteiger partial charge is 0.367 e. The summed E-state index contributed by atoms with van der Waals surface area (Å²) in [4.78, 5) is 21.3. The second kappa shape index (κ2) is 36.4. The van der Waals surface area contributed by atoms with Crippen LogP contribution < -0.4 is 83.0 Å². The fourth-order valence-electron chi connectivity index (χ4n) is 23.0. The van der Waals surface area contributed by atoms with Crippen LogP contribution in [0.2, 0.25) is 0 Å². The molecule has 14 heteroatoms. The van der Waals surface area contributed by atoms with E-state index in [1.807, 2.05) is 35.1 Å². The summed E-state index contributed by atoms with van der Waals surface area (Å²) >= 11 is 3.79. The maximum atomic E-state index is 5.50.